The maximum atomic E-state index is 13.0. The lowest BCUT2D eigenvalue weighted by atomic mass is 9.92. The highest BCUT2D eigenvalue weighted by Gasteiger charge is 2.33. The first-order valence-corrected chi connectivity index (χ1v) is 8.93. The van der Waals surface area contributed by atoms with E-state index in [2.05, 4.69) is 20.1 Å². The number of aromatic amines is 1. The van der Waals surface area contributed by atoms with Gasteiger partial charge >= 0.3 is 0 Å². The van der Waals surface area contributed by atoms with Crippen LogP contribution in [0.5, 0.6) is 0 Å². The third-order valence-corrected chi connectivity index (χ3v) is 4.98. The minimum atomic E-state index is -0.602. The van der Waals surface area contributed by atoms with E-state index in [-0.39, 0.29) is 17.9 Å². The smallest absolute Gasteiger partial charge is 0.274 e. The Balaban J connectivity index is 1.53. The van der Waals surface area contributed by atoms with E-state index in [1.165, 1.54) is 18.3 Å². The van der Waals surface area contributed by atoms with Gasteiger partial charge in [-0.05, 0) is 50.5 Å². The molecular weight excluding hydrogens is 349 g/mol. The van der Waals surface area contributed by atoms with Gasteiger partial charge in [0.1, 0.15) is 5.69 Å². The normalized spacial score (nSPS) is 20.0. The van der Waals surface area contributed by atoms with Crippen molar-refractivity contribution in [2.75, 3.05) is 6.54 Å². The average molecular weight is 369 g/mol. The van der Waals surface area contributed by atoms with Crippen molar-refractivity contribution in [3.63, 3.8) is 0 Å². The molecule has 1 amide bonds. The lowest BCUT2D eigenvalue weighted by Gasteiger charge is -2.37. The molecule has 0 bridgehead atoms. The summed E-state index contributed by atoms with van der Waals surface area (Å²) in [6.07, 6.45) is 4.85. The van der Waals surface area contributed by atoms with Gasteiger partial charge in [-0.15, -0.1) is 0 Å². The fourth-order valence-corrected chi connectivity index (χ4v) is 3.41. The molecule has 0 spiro atoms. The summed E-state index contributed by atoms with van der Waals surface area (Å²) in [5.74, 6) is 0.266. The molecule has 1 N–H and O–H groups in total. The number of likely N-dealkylation sites (tertiary alicyclic amines) is 1. The average Bonchev–Trinajstić information content (AvgIpc) is 3.31. The molecule has 0 saturated carbocycles. The number of rotatable bonds is 3. The van der Waals surface area contributed by atoms with Crippen molar-refractivity contribution < 1.29 is 13.7 Å². The summed E-state index contributed by atoms with van der Waals surface area (Å²) in [5.41, 5.74) is 2.24. The highest BCUT2D eigenvalue weighted by Crippen LogP contribution is 2.30. The molecule has 1 fully saturated rings. The van der Waals surface area contributed by atoms with E-state index in [4.69, 9.17) is 4.52 Å². The van der Waals surface area contributed by atoms with E-state index < -0.39 is 5.95 Å². The number of amides is 1. The molecule has 2 unspecified atom stereocenters. The molecule has 4 rings (SSSR count). The van der Waals surface area contributed by atoms with Crippen LogP contribution >= 0.6 is 0 Å². The molecule has 4 heterocycles. The Labute approximate surface area is 155 Å². The number of H-pyrrole nitrogens is 1. The summed E-state index contributed by atoms with van der Waals surface area (Å²) in [4.78, 5) is 25.8. The molecule has 2 atom stereocenters. The largest absolute Gasteiger partial charge is 0.357 e. The van der Waals surface area contributed by atoms with Crippen LogP contribution in [0.1, 0.15) is 47.4 Å². The molecular formula is C19H20FN5O2. The monoisotopic (exact) mass is 369 g/mol. The second-order valence-corrected chi connectivity index (χ2v) is 7.00. The Morgan fingerprint density at radius 3 is 2.93 bits per heavy atom. The SMILES string of the molecule is Cc1c[nH]c(-c2nc(C3CCC(C)N(C(=O)c4ccc(F)nc4)C3)no2)c1. The van der Waals surface area contributed by atoms with Gasteiger partial charge in [-0.2, -0.15) is 9.37 Å². The fraction of sp³-hybridized carbons (Fsp3) is 0.368. The van der Waals surface area contributed by atoms with E-state index in [9.17, 15) is 9.18 Å². The standard InChI is InChI=1S/C19H20FN5O2/c1-11-7-15(21-8-11)18-23-17(24-27-18)14-4-3-12(2)25(10-14)19(26)13-5-6-16(20)22-9-13/h5-9,12,14,21H,3-4,10H2,1-2H3. The molecule has 1 aliphatic rings. The van der Waals surface area contributed by atoms with Crippen LogP contribution in [0.4, 0.5) is 4.39 Å². The fourth-order valence-electron chi connectivity index (χ4n) is 3.41. The summed E-state index contributed by atoms with van der Waals surface area (Å²) in [6.45, 7) is 4.47. The second kappa shape index (κ2) is 6.94. The quantitative estimate of drug-likeness (QED) is 0.716. The molecule has 7 nitrogen and oxygen atoms in total. The first-order chi connectivity index (χ1) is 13.0. The van der Waals surface area contributed by atoms with Gasteiger partial charge in [0.15, 0.2) is 5.82 Å². The number of aryl methyl sites for hydroxylation is 1. The molecule has 1 saturated heterocycles. The lowest BCUT2D eigenvalue weighted by Crippen LogP contribution is -2.45. The van der Waals surface area contributed by atoms with Crippen molar-refractivity contribution in [1.29, 1.82) is 0 Å². The molecule has 3 aromatic rings. The zero-order valence-electron chi connectivity index (χ0n) is 15.1. The number of nitrogens with zero attached hydrogens (tertiary/aromatic N) is 4. The Morgan fingerprint density at radius 1 is 1.37 bits per heavy atom. The van der Waals surface area contributed by atoms with Crippen LogP contribution in [0.25, 0.3) is 11.6 Å². The predicted octanol–water partition coefficient (Wildman–Crippen LogP) is 3.32. The summed E-state index contributed by atoms with van der Waals surface area (Å²) < 4.78 is 18.4. The van der Waals surface area contributed by atoms with Crippen molar-refractivity contribution in [3.05, 3.63) is 53.5 Å². The topological polar surface area (TPSA) is 87.9 Å². The molecule has 1 aliphatic heterocycles. The number of aromatic nitrogens is 4. The predicted molar refractivity (Wildman–Crippen MR) is 95.5 cm³/mol. The zero-order valence-corrected chi connectivity index (χ0v) is 15.1. The van der Waals surface area contributed by atoms with Gasteiger partial charge in [-0.25, -0.2) is 4.98 Å². The van der Waals surface area contributed by atoms with Gasteiger partial charge in [-0.1, -0.05) is 5.16 Å². The van der Waals surface area contributed by atoms with Gasteiger partial charge in [0.05, 0.1) is 5.56 Å². The maximum absolute atomic E-state index is 13.0. The van der Waals surface area contributed by atoms with Crippen LogP contribution in [0.3, 0.4) is 0 Å². The molecule has 27 heavy (non-hydrogen) atoms. The zero-order chi connectivity index (χ0) is 19.0. The molecule has 0 radical (unpaired) electrons. The number of carbonyl (C=O) groups excluding carboxylic acids is 1. The second-order valence-electron chi connectivity index (χ2n) is 7.00. The van der Waals surface area contributed by atoms with Crippen LogP contribution in [-0.4, -0.2) is 43.5 Å². The van der Waals surface area contributed by atoms with Crippen LogP contribution < -0.4 is 0 Å². The summed E-state index contributed by atoms with van der Waals surface area (Å²) in [5, 5.41) is 4.12. The summed E-state index contributed by atoms with van der Waals surface area (Å²) >= 11 is 0. The molecule has 140 valence electrons. The highest BCUT2D eigenvalue weighted by atomic mass is 19.1. The number of halogens is 1. The van der Waals surface area contributed by atoms with E-state index in [0.29, 0.717) is 23.8 Å². The Morgan fingerprint density at radius 2 is 2.22 bits per heavy atom. The van der Waals surface area contributed by atoms with E-state index in [1.54, 1.807) is 4.90 Å². The van der Waals surface area contributed by atoms with Crippen LogP contribution in [0, 0.1) is 12.9 Å². The van der Waals surface area contributed by atoms with Gasteiger partial charge in [0.25, 0.3) is 11.8 Å². The third kappa shape index (κ3) is 3.47. The Hall–Kier alpha value is -3.03. The van der Waals surface area contributed by atoms with Crippen LogP contribution in [-0.2, 0) is 0 Å². The third-order valence-electron chi connectivity index (χ3n) is 4.98. The van der Waals surface area contributed by atoms with Crippen LogP contribution in [0.15, 0.2) is 35.1 Å². The van der Waals surface area contributed by atoms with Gasteiger partial charge in [-0.3, -0.25) is 4.79 Å². The molecule has 0 aliphatic carbocycles. The minimum Gasteiger partial charge on any atom is -0.357 e. The summed E-state index contributed by atoms with van der Waals surface area (Å²) in [7, 11) is 0. The van der Waals surface area contributed by atoms with Crippen molar-refractivity contribution in [3.8, 4) is 11.6 Å². The van der Waals surface area contributed by atoms with Crippen molar-refractivity contribution >= 4 is 5.91 Å². The van der Waals surface area contributed by atoms with Gasteiger partial charge < -0.3 is 14.4 Å². The maximum Gasteiger partial charge on any atom is 0.274 e. The van der Waals surface area contributed by atoms with Crippen molar-refractivity contribution in [2.45, 2.75) is 38.6 Å². The van der Waals surface area contributed by atoms with Crippen molar-refractivity contribution in [1.82, 2.24) is 25.0 Å². The van der Waals surface area contributed by atoms with E-state index >= 15 is 0 Å². The number of pyridine rings is 1. The number of nitrogens with one attached hydrogen (secondary N) is 1. The minimum absolute atomic E-state index is 0.00730. The van der Waals surface area contributed by atoms with Gasteiger partial charge in [0, 0.05) is 30.9 Å². The van der Waals surface area contributed by atoms with Crippen LogP contribution in [0.2, 0.25) is 0 Å². The van der Waals surface area contributed by atoms with Crippen molar-refractivity contribution in [2.24, 2.45) is 0 Å². The molecule has 8 heteroatoms. The number of piperidine rings is 1. The number of hydrogen-bond acceptors (Lipinski definition) is 5. The Kier molecular flexibility index (Phi) is 4.47. The summed E-state index contributed by atoms with van der Waals surface area (Å²) in [6, 6.07) is 4.68. The molecule has 3 aromatic heterocycles. The lowest BCUT2D eigenvalue weighted by molar-refractivity contribution is 0.0604. The molecule has 0 aromatic carbocycles. The Bertz CT molecular complexity index is 949. The first-order valence-electron chi connectivity index (χ1n) is 8.93. The first kappa shape index (κ1) is 17.4. The highest BCUT2D eigenvalue weighted by molar-refractivity contribution is 5.94. The number of carbonyl (C=O) groups is 1. The van der Waals surface area contributed by atoms with Gasteiger partial charge in [0.2, 0.25) is 5.95 Å². The van der Waals surface area contributed by atoms with E-state index in [1.807, 2.05) is 26.1 Å². The van der Waals surface area contributed by atoms with E-state index in [0.717, 1.165) is 24.1 Å². The number of hydrogen-bond donors (Lipinski definition) is 1.